The first-order chi connectivity index (χ1) is 9.26. The van der Waals surface area contributed by atoms with Gasteiger partial charge in [0.15, 0.2) is 0 Å². The standard InChI is InChI=1S/C15H18N2O2/c1-2-8-17(15(18)13-7-9-19-11-13)14-5-3-12(10-16)4-6-14/h3-7,9,11H,2,8,10,16H2,1H3. The fourth-order valence-electron chi connectivity index (χ4n) is 1.93. The second-order valence-electron chi connectivity index (χ2n) is 4.34. The van der Waals surface area contributed by atoms with Gasteiger partial charge in [0.05, 0.1) is 11.8 Å². The van der Waals surface area contributed by atoms with Crippen molar-refractivity contribution in [2.24, 2.45) is 5.73 Å². The summed E-state index contributed by atoms with van der Waals surface area (Å²) in [6.45, 7) is 3.22. The minimum Gasteiger partial charge on any atom is -0.472 e. The van der Waals surface area contributed by atoms with Gasteiger partial charge in [-0.05, 0) is 30.2 Å². The first-order valence-corrected chi connectivity index (χ1v) is 6.39. The highest BCUT2D eigenvalue weighted by atomic mass is 16.3. The predicted octanol–water partition coefficient (Wildman–Crippen LogP) is 2.80. The smallest absolute Gasteiger partial charge is 0.261 e. The summed E-state index contributed by atoms with van der Waals surface area (Å²) in [5.41, 5.74) is 8.08. The van der Waals surface area contributed by atoms with Crippen LogP contribution in [0.5, 0.6) is 0 Å². The molecule has 0 atom stereocenters. The van der Waals surface area contributed by atoms with E-state index in [1.165, 1.54) is 12.5 Å². The summed E-state index contributed by atoms with van der Waals surface area (Å²) in [5, 5.41) is 0. The van der Waals surface area contributed by atoms with Crippen LogP contribution in [0.1, 0.15) is 29.3 Å². The zero-order chi connectivity index (χ0) is 13.7. The van der Waals surface area contributed by atoms with Crippen molar-refractivity contribution in [2.45, 2.75) is 19.9 Å². The van der Waals surface area contributed by atoms with Crippen LogP contribution in [0.3, 0.4) is 0 Å². The van der Waals surface area contributed by atoms with E-state index in [0.29, 0.717) is 18.7 Å². The molecule has 0 saturated heterocycles. The third-order valence-corrected chi connectivity index (χ3v) is 2.94. The number of nitrogens with two attached hydrogens (primary N) is 1. The molecule has 1 aromatic carbocycles. The lowest BCUT2D eigenvalue weighted by molar-refractivity contribution is 0.0986. The molecule has 2 aromatic rings. The first kappa shape index (κ1) is 13.4. The van der Waals surface area contributed by atoms with Gasteiger partial charge in [0, 0.05) is 18.8 Å². The Morgan fingerprint density at radius 2 is 2.00 bits per heavy atom. The summed E-state index contributed by atoms with van der Waals surface area (Å²) >= 11 is 0. The molecule has 0 radical (unpaired) electrons. The first-order valence-electron chi connectivity index (χ1n) is 6.39. The van der Waals surface area contributed by atoms with E-state index in [1.807, 2.05) is 31.2 Å². The number of anilines is 1. The lowest BCUT2D eigenvalue weighted by Crippen LogP contribution is -2.31. The summed E-state index contributed by atoms with van der Waals surface area (Å²) in [4.78, 5) is 14.1. The Morgan fingerprint density at radius 1 is 1.26 bits per heavy atom. The van der Waals surface area contributed by atoms with E-state index in [4.69, 9.17) is 10.2 Å². The van der Waals surface area contributed by atoms with Crippen molar-refractivity contribution in [3.8, 4) is 0 Å². The number of carbonyl (C=O) groups is 1. The zero-order valence-corrected chi connectivity index (χ0v) is 11.0. The number of carbonyl (C=O) groups excluding carboxylic acids is 1. The summed E-state index contributed by atoms with van der Waals surface area (Å²) in [6.07, 6.45) is 3.87. The number of benzene rings is 1. The van der Waals surface area contributed by atoms with Gasteiger partial charge in [-0.3, -0.25) is 4.79 Å². The molecular weight excluding hydrogens is 240 g/mol. The van der Waals surface area contributed by atoms with Gasteiger partial charge in [-0.2, -0.15) is 0 Å². The molecule has 0 aliphatic heterocycles. The molecule has 0 bridgehead atoms. The molecule has 19 heavy (non-hydrogen) atoms. The van der Waals surface area contributed by atoms with Gasteiger partial charge in [-0.15, -0.1) is 0 Å². The van der Waals surface area contributed by atoms with E-state index in [-0.39, 0.29) is 5.91 Å². The molecule has 0 fully saturated rings. The maximum atomic E-state index is 12.4. The highest BCUT2D eigenvalue weighted by molar-refractivity contribution is 6.05. The lowest BCUT2D eigenvalue weighted by atomic mass is 10.1. The van der Waals surface area contributed by atoms with Crippen LogP contribution in [0.15, 0.2) is 47.3 Å². The minimum absolute atomic E-state index is 0.0453. The van der Waals surface area contributed by atoms with Gasteiger partial charge >= 0.3 is 0 Å². The number of nitrogens with zero attached hydrogens (tertiary/aromatic N) is 1. The summed E-state index contributed by atoms with van der Waals surface area (Å²) < 4.78 is 4.97. The highest BCUT2D eigenvalue weighted by Gasteiger charge is 2.17. The van der Waals surface area contributed by atoms with Gasteiger partial charge in [-0.1, -0.05) is 19.1 Å². The number of rotatable bonds is 5. The molecule has 0 spiro atoms. The molecule has 1 amide bonds. The van der Waals surface area contributed by atoms with Gasteiger partial charge in [0.1, 0.15) is 6.26 Å². The maximum Gasteiger partial charge on any atom is 0.261 e. The van der Waals surface area contributed by atoms with Crippen molar-refractivity contribution in [1.29, 1.82) is 0 Å². The van der Waals surface area contributed by atoms with Crippen molar-refractivity contribution in [3.05, 3.63) is 54.0 Å². The number of hydrogen-bond acceptors (Lipinski definition) is 3. The van der Waals surface area contributed by atoms with E-state index in [2.05, 4.69) is 0 Å². The third kappa shape index (κ3) is 3.03. The van der Waals surface area contributed by atoms with E-state index in [0.717, 1.165) is 17.7 Å². The van der Waals surface area contributed by atoms with Crippen molar-refractivity contribution < 1.29 is 9.21 Å². The van der Waals surface area contributed by atoms with Crippen LogP contribution in [0, 0.1) is 0 Å². The molecule has 4 nitrogen and oxygen atoms in total. The van der Waals surface area contributed by atoms with E-state index in [1.54, 1.807) is 11.0 Å². The topological polar surface area (TPSA) is 59.5 Å². The summed E-state index contributed by atoms with van der Waals surface area (Å²) in [6, 6.07) is 9.42. The Bertz CT molecular complexity index is 518. The molecule has 0 aliphatic rings. The molecule has 2 N–H and O–H groups in total. The molecule has 0 aliphatic carbocycles. The number of amides is 1. The average molecular weight is 258 g/mol. The molecular formula is C15H18N2O2. The lowest BCUT2D eigenvalue weighted by Gasteiger charge is -2.21. The molecule has 1 heterocycles. The largest absolute Gasteiger partial charge is 0.472 e. The molecule has 0 unspecified atom stereocenters. The van der Waals surface area contributed by atoms with Crippen LogP contribution >= 0.6 is 0 Å². The van der Waals surface area contributed by atoms with Crippen LogP contribution in [0.25, 0.3) is 0 Å². The van der Waals surface area contributed by atoms with Crippen LogP contribution in [-0.2, 0) is 6.54 Å². The van der Waals surface area contributed by atoms with Crippen molar-refractivity contribution in [3.63, 3.8) is 0 Å². The fourth-order valence-corrected chi connectivity index (χ4v) is 1.93. The maximum absolute atomic E-state index is 12.4. The van der Waals surface area contributed by atoms with Gasteiger partial charge in [0.25, 0.3) is 5.91 Å². The summed E-state index contributed by atoms with van der Waals surface area (Å²) in [5.74, 6) is -0.0453. The Balaban J connectivity index is 2.26. The highest BCUT2D eigenvalue weighted by Crippen LogP contribution is 2.19. The Hall–Kier alpha value is -2.07. The monoisotopic (exact) mass is 258 g/mol. The van der Waals surface area contributed by atoms with Gasteiger partial charge < -0.3 is 15.1 Å². The Labute approximate surface area is 112 Å². The van der Waals surface area contributed by atoms with Crippen molar-refractivity contribution in [2.75, 3.05) is 11.4 Å². The Kier molecular flexibility index (Phi) is 4.36. The van der Waals surface area contributed by atoms with Crippen LogP contribution in [0.4, 0.5) is 5.69 Å². The molecule has 0 saturated carbocycles. The second kappa shape index (κ2) is 6.20. The van der Waals surface area contributed by atoms with Gasteiger partial charge in [0.2, 0.25) is 0 Å². The zero-order valence-electron chi connectivity index (χ0n) is 11.0. The predicted molar refractivity (Wildman–Crippen MR) is 75.0 cm³/mol. The Morgan fingerprint density at radius 3 is 2.53 bits per heavy atom. The van der Waals surface area contributed by atoms with E-state index < -0.39 is 0 Å². The van der Waals surface area contributed by atoms with Crippen molar-refractivity contribution >= 4 is 11.6 Å². The molecule has 2 rings (SSSR count). The SMILES string of the molecule is CCCN(C(=O)c1ccoc1)c1ccc(CN)cc1. The van der Waals surface area contributed by atoms with Crippen molar-refractivity contribution in [1.82, 2.24) is 0 Å². The van der Waals surface area contributed by atoms with Crippen LogP contribution in [0.2, 0.25) is 0 Å². The quantitative estimate of drug-likeness (QED) is 0.897. The normalized spacial score (nSPS) is 10.4. The minimum atomic E-state index is -0.0453. The van der Waals surface area contributed by atoms with Crippen LogP contribution < -0.4 is 10.6 Å². The fraction of sp³-hybridized carbons (Fsp3) is 0.267. The number of hydrogen-bond donors (Lipinski definition) is 1. The average Bonchev–Trinajstić information content (AvgIpc) is 2.98. The molecule has 1 aromatic heterocycles. The summed E-state index contributed by atoms with van der Waals surface area (Å²) in [7, 11) is 0. The second-order valence-corrected chi connectivity index (χ2v) is 4.34. The van der Waals surface area contributed by atoms with Gasteiger partial charge in [-0.25, -0.2) is 0 Å². The van der Waals surface area contributed by atoms with E-state index in [9.17, 15) is 4.79 Å². The third-order valence-electron chi connectivity index (χ3n) is 2.94. The molecule has 100 valence electrons. The molecule has 4 heteroatoms. The number of furan rings is 1. The van der Waals surface area contributed by atoms with Crippen LogP contribution in [-0.4, -0.2) is 12.5 Å². The van der Waals surface area contributed by atoms with E-state index >= 15 is 0 Å².